The second-order valence-electron chi connectivity index (χ2n) is 5.10. The number of nitrogens with one attached hydrogen (secondary N) is 2. The first-order valence-electron chi connectivity index (χ1n) is 5.58. The van der Waals surface area contributed by atoms with Crippen molar-refractivity contribution < 1.29 is 4.79 Å². The summed E-state index contributed by atoms with van der Waals surface area (Å²) in [7, 11) is 0. The van der Waals surface area contributed by atoms with Crippen LogP contribution in [0.5, 0.6) is 0 Å². The number of amides is 2. The van der Waals surface area contributed by atoms with Crippen LogP contribution in [0.3, 0.4) is 0 Å². The van der Waals surface area contributed by atoms with Gasteiger partial charge in [0, 0.05) is 24.9 Å². The molecule has 4 N–H and O–H groups in total. The van der Waals surface area contributed by atoms with Crippen molar-refractivity contribution in [3.8, 4) is 0 Å². The minimum absolute atomic E-state index is 0.0979. The zero-order chi connectivity index (χ0) is 12.9. The molecular formula is C11H20N4OS. The van der Waals surface area contributed by atoms with Gasteiger partial charge in [-0.1, -0.05) is 20.8 Å². The number of urea groups is 1. The van der Waals surface area contributed by atoms with E-state index >= 15 is 0 Å². The quantitative estimate of drug-likeness (QED) is 0.765. The number of carbonyl (C=O) groups excluding carboxylic acids is 1. The van der Waals surface area contributed by atoms with Crippen molar-refractivity contribution >= 4 is 22.5 Å². The lowest BCUT2D eigenvalue weighted by molar-refractivity contribution is 0.235. The summed E-state index contributed by atoms with van der Waals surface area (Å²) in [5, 5.41) is 8.08. The molecule has 5 nitrogen and oxygen atoms in total. The van der Waals surface area contributed by atoms with Gasteiger partial charge in [0.15, 0.2) is 5.13 Å². The average molecular weight is 256 g/mol. The molecule has 0 fully saturated rings. The molecule has 0 spiro atoms. The molecule has 1 rings (SSSR count). The minimum atomic E-state index is -0.136. The van der Waals surface area contributed by atoms with E-state index in [9.17, 15) is 4.79 Å². The molecule has 0 aliphatic heterocycles. The Bertz CT molecular complexity index is 370. The van der Waals surface area contributed by atoms with E-state index < -0.39 is 0 Å². The lowest BCUT2D eigenvalue weighted by atomic mass is 9.97. The van der Waals surface area contributed by atoms with E-state index in [0.29, 0.717) is 24.6 Å². The molecule has 17 heavy (non-hydrogen) atoms. The van der Waals surface area contributed by atoms with Crippen molar-refractivity contribution in [2.75, 3.05) is 18.8 Å². The van der Waals surface area contributed by atoms with Crippen molar-refractivity contribution in [2.45, 2.75) is 27.2 Å². The highest BCUT2D eigenvalue weighted by molar-refractivity contribution is 7.13. The lowest BCUT2D eigenvalue weighted by Crippen LogP contribution is -2.40. The van der Waals surface area contributed by atoms with E-state index in [2.05, 4.69) is 36.4 Å². The van der Waals surface area contributed by atoms with Crippen LogP contribution in [0.2, 0.25) is 0 Å². The Morgan fingerprint density at radius 3 is 2.71 bits per heavy atom. The summed E-state index contributed by atoms with van der Waals surface area (Å²) in [6.45, 7) is 7.45. The van der Waals surface area contributed by atoms with Crippen LogP contribution in [-0.2, 0) is 6.42 Å². The summed E-state index contributed by atoms with van der Waals surface area (Å²) >= 11 is 1.42. The van der Waals surface area contributed by atoms with E-state index in [1.807, 2.05) is 5.38 Å². The number of nitrogens with zero attached hydrogens (tertiary/aromatic N) is 1. The highest BCUT2D eigenvalue weighted by Gasteiger charge is 2.11. The molecule has 0 bridgehead atoms. The number of carbonyl (C=O) groups is 1. The third kappa shape index (κ3) is 6.11. The van der Waals surface area contributed by atoms with Crippen LogP contribution in [0, 0.1) is 5.41 Å². The van der Waals surface area contributed by atoms with Gasteiger partial charge in [0.25, 0.3) is 0 Å². The van der Waals surface area contributed by atoms with E-state index in [4.69, 9.17) is 5.73 Å². The van der Waals surface area contributed by atoms with E-state index in [0.717, 1.165) is 5.69 Å². The fraction of sp³-hybridized carbons (Fsp3) is 0.636. The number of thiazole rings is 1. The molecule has 0 aromatic carbocycles. The lowest BCUT2D eigenvalue weighted by Gasteiger charge is -2.18. The first-order valence-corrected chi connectivity index (χ1v) is 6.46. The van der Waals surface area contributed by atoms with Crippen LogP contribution < -0.4 is 16.4 Å². The first-order chi connectivity index (χ1) is 7.87. The van der Waals surface area contributed by atoms with Gasteiger partial charge in [-0.15, -0.1) is 11.3 Å². The highest BCUT2D eigenvalue weighted by atomic mass is 32.1. The summed E-state index contributed by atoms with van der Waals surface area (Å²) < 4.78 is 0. The zero-order valence-corrected chi connectivity index (χ0v) is 11.4. The van der Waals surface area contributed by atoms with Crippen molar-refractivity contribution in [1.29, 1.82) is 0 Å². The maximum Gasteiger partial charge on any atom is 0.314 e. The molecule has 0 atom stereocenters. The monoisotopic (exact) mass is 256 g/mol. The molecule has 0 aliphatic rings. The third-order valence-corrected chi connectivity index (χ3v) is 2.74. The molecule has 96 valence electrons. The van der Waals surface area contributed by atoms with Gasteiger partial charge in [-0.2, -0.15) is 0 Å². The van der Waals surface area contributed by atoms with Gasteiger partial charge in [-0.3, -0.25) is 0 Å². The normalized spacial score (nSPS) is 11.2. The number of hydrogen-bond donors (Lipinski definition) is 3. The van der Waals surface area contributed by atoms with Gasteiger partial charge >= 0.3 is 6.03 Å². The molecule has 0 saturated heterocycles. The summed E-state index contributed by atoms with van der Waals surface area (Å²) in [6.07, 6.45) is 0.705. The van der Waals surface area contributed by atoms with Gasteiger partial charge in [0.1, 0.15) is 0 Å². The Morgan fingerprint density at radius 1 is 1.47 bits per heavy atom. The van der Waals surface area contributed by atoms with Crippen LogP contribution in [0.4, 0.5) is 9.93 Å². The van der Waals surface area contributed by atoms with Crippen molar-refractivity contribution in [3.63, 3.8) is 0 Å². The number of aromatic nitrogens is 1. The molecule has 1 heterocycles. The number of anilines is 1. The molecule has 2 amide bonds. The van der Waals surface area contributed by atoms with Crippen LogP contribution in [0.1, 0.15) is 26.5 Å². The predicted octanol–water partition coefficient (Wildman–Crippen LogP) is 1.61. The second kappa shape index (κ2) is 5.86. The summed E-state index contributed by atoms with van der Waals surface area (Å²) in [5.41, 5.74) is 6.53. The molecule has 0 unspecified atom stereocenters. The average Bonchev–Trinajstić information content (AvgIpc) is 2.60. The summed E-state index contributed by atoms with van der Waals surface area (Å²) in [6, 6.07) is -0.136. The largest absolute Gasteiger partial charge is 0.375 e. The van der Waals surface area contributed by atoms with Gasteiger partial charge in [-0.25, -0.2) is 9.78 Å². The molecule has 6 heteroatoms. The number of rotatable bonds is 4. The summed E-state index contributed by atoms with van der Waals surface area (Å²) in [5.74, 6) is 0. The Labute approximate surface area is 106 Å². The standard InChI is InChI=1S/C11H20N4OS/c1-11(2,3)7-14-10(16)13-5-4-8-6-17-9(12)15-8/h6H,4-5,7H2,1-3H3,(H2,12,15)(H2,13,14,16). The first kappa shape index (κ1) is 13.8. The fourth-order valence-electron chi connectivity index (χ4n) is 1.15. The Kier molecular flexibility index (Phi) is 4.74. The highest BCUT2D eigenvalue weighted by Crippen LogP contribution is 2.11. The molecule has 0 saturated carbocycles. The van der Waals surface area contributed by atoms with Crippen LogP contribution in [-0.4, -0.2) is 24.1 Å². The van der Waals surface area contributed by atoms with Crippen molar-refractivity contribution in [3.05, 3.63) is 11.1 Å². The molecule has 0 radical (unpaired) electrons. The van der Waals surface area contributed by atoms with E-state index in [1.165, 1.54) is 11.3 Å². The van der Waals surface area contributed by atoms with Gasteiger partial charge < -0.3 is 16.4 Å². The van der Waals surface area contributed by atoms with Crippen LogP contribution in [0.15, 0.2) is 5.38 Å². The van der Waals surface area contributed by atoms with Crippen LogP contribution >= 0.6 is 11.3 Å². The Hall–Kier alpha value is -1.30. The maximum atomic E-state index is 11.4. The van der Waals surface area contributed by atoms with E-state index in [-0.39, 0.29) is 11.4 Å². The smallest absolute Gasteiger partial charge is 0.314 e. The third-order valence-electron chi connectivity index (χ3n) is 2.02. The fourth-order valence-corrected chi connectivity index (χ4v) is 1.75. The Balaban J connectivity index is 2.16. The van der Waals surface area contributed by atoms with Crippen molar-refractivity contribution in [1.82, 2.24) is 15.6 Å². The molecule has 1 aromatic rings. The summed E-state index contributed by atoms with van der Waals surface area (Å²) in [4.78, 5) is 15.5. The van der Waals surface area contributed by atoms with Crippen LogP contribution in [0.25, 0.3) is 0 Å². The second-order valence-corrected chi connectivity index (χ2v) is 5.99. The zero-order valence-electron chi connectivity index (χ0n) is 10.5. The van der Waals surface area contributed by atoms with Gasteiger partial charge in [0.05, 0.1) is 5.69 Å². The predicted molar refractivity (Wildman–Crippen MR) is 71.1 cm³/mol. The van der Waals surface area contributed by atoms with E-state index in [1.54, 1.807) is 0 Å². The number of nitrogen functional groups attached to an aromatic ring is 1. The molecule has 0 aliphatic carbocycles. The SMILES string of the molecule is CC(C)(C)CNC(=O)NCCc1csc(N)n1. The topological polar surface area (TPSA) is 80.0 Å². The number of nitrogens with two attached hydrogens (primary N) is 1. The number of hydrogen-bond acceptors (Lipinski definition) is 4. The minimum Gasteiger partial charge on any atom is -0.375 e. The van der Waals surface area contributed by atoms with Crippen molar-refractivity contribution in [2.24, 2.45) is 5.41 Å². The van der Waals surface area contributed by atoms with Gasteiger partial charge in [0.2, 0.25) is 0 Å². The molecule has 1 aromatic heterocycles. The molecular weight excluding hydrogens is 236 g/mol. The Morgan fingerprint density at radius 2 is 2.18 bits per heavy atom. The maximum absolute atomic E-state index is 11.4. The van der Waals surface area contributed by atoms with Gasteiger partial charge in [-0.05, 0) is 5.41 Å².